The number of benzene rings is 3. The normalized spacial score (nSPS) is 18.0. The van der Waals surface area contributed by atoms with E-state index in [9.17, 15) is 39.0 Å². The van der Waals surface area contributed by atoms with E-state index in [2.05, 4.69) is 10.6 Å². The summed E-state index contributed by atoms with van der Waals surface area (Å²) in [5.41, 5.74) is 0.0288. The van der Waals surface area contributed by atoms with Gasteiger partial charge in [-0.05, 0) is 36.0 Å². The molecule has 4 N–H and O–H groups in total. The Hall–Kier alpha value is -5.52. The van der Waals surface area contributed by atoms with E-state index in [-0.39, 0.29) is 24.4 Å². The number of nitrogens with one attached hydrogen (secondary N) is 2. The lowest BCUT2D eigenvalue weighted by Gasteiger charge is -2.32. The minimum Gasteiger partial charge on any atom is -0.481 e. The Morgan fingerprint density at radius 2 is 1.34 bits per heavy atom. The molecule has 4 atom stereocenters. The van der Waals surface area contributed by atoms with Crippen LogP contribution in [-0.4, -0.2) is 67.8 Å². The number of aliphatic carboxylic acids is 2. The van der Waals surface area contributed by atoms with E-state index in [1.54, 1.807) is 69.3 Å². The molecule has 246 valence electrons. The quantitative estimate of drug-likeness (QED) is 0.193. The van der Waals surface area contributed by atoms with Gasteiger partial charge in [-0.2, -0.15) is 0 Å². The molecule has 1 aliphatic rings. The fraction of sp³-hybridized carbons (Fsp3) is 0.314. The monoisotopic (exact) mass is 642 g/mol. The van der Waals surface area contributed by atoms with Gasteiger partial charge in [-0.25, -0.2) is 14.5 Å². The summed E-state index contributed by atoms with van der Waals surface area (Å²) in [7, 11) is 0. The van der Waals surface area contributed by atoms with Gasteiger partial charge >= 0.3 is 18.0 Å². The fourth-order valence-corrected chi connectivity index (χ4v) is 5.67. The molecule has 47 heavy (non-hydrogen) atoms. The molecular weight excluding hydrogens is 604 g/mol. The zero-order chi connectivity index (χ0) is 34.3. The van der Waals surface area contributed by atoms with Crippen molar-refractivity contribution in [2.75, 3.05) is 0 Å². The lowest BCUT2D eigenvalue weighted by atomic mass is 9.89. The average molecular weight is 643 g/mol. The van der Waals surface area contributed by atoms with Gasteiger partial charge in [-0.15, -0.1) is 0 Å². The molecule has 1 aliphatic heterocycles. The van der Waals surface area contributed by atoms with Crippen LogP contribution in [0.5, 0.6) is 0 Å². The van der Waals surface area contributed by atoms with E-state index >= 15 is 0 Å². The van der Waals surface area contributed by atoms with Crippen molar-refractivity contribution < 1.29 is 39.0 Å². The van der Waals surface area contributed by atoms with Crippen LogP contribution in [0.3, 0.4) is 0 Å². The molecule has 3 aromatic rings. The number of carboxylic acids is 2. The number of amides is 5. The zero-order valence-electron chi connectivity index (χ0n) is 26.3. The topological polar surface area (TPSA) is 173 Å². The highest BCUT2D eigenvalue weighted by molar-refractivity contribution is 6.10. The van der Waals surface area contributed by atoms with Gasteiger partial charge in [0.1, 0.15) is 17.6 Å². The van der Waals surface area contributed by atoms with Gasteiger partial charge < -0.3 is 25.7 Å². The molecule has 1 heterocycles. The van der Waals surface area contributed by atoms with E-state index in [1.165, 1.54) is 17.0 Å². The van der Waals surface area contributed by atoms with Crippen molar-refractivity contribution in [2.45, 2.75) is 63.8 Å². The second-order valence-corrected chi connectivity index (χ2v) is 12.0. The molecule has 1 fully saturated rings. The van der Waals surface area contributed by atoms with Crippen LogP contribution in [0, 0.1) is 5.92 Å². The average Bonchev–Trinajstić information content (AvgIpc) is 3.23. The molecule has 0 aromatic heterocycles. The van der Waals surface area contributed by atoms with Crippen molar-refractivity contribution in [3.8, 4) is 0 Å². The number of carbonyl (C=O) groups excluding carboxylic acids is 4. The molecule has 4 rings (SSSR count). The number of carboxylic acid groups (broad SMARTS) is 2. The number of rotatable bonds is 14. The Morgan fingerprint density at radius 3 is 1.87 bits per heavy atom. The van der Waals surface area contributed by atoms with Gasteiger partial charge in [0.25, 0.3) is 5.91 Å². The first-order valence-corrected chi connectivity index (χ1v) is 15.2. The zero-order valence-corrected chi connectivity index (χ0v) is 26.3. The molecule has 0 spiro atoms. The molecule has 1 saturated heterocycles. The Bertz CT molecular complexity index is 1620. The Kier molecular flexibility index (Phi) is 10.8. The molecule has 12 heteroatoms. The highest BCUT2D eigenvalue weighted by Gasteiger charge is 2.58. The summed E-state index contributed by atoms with van der Waals surface area (Å²) in [5.74, 6) is -5.67. The van der Waals surface area contributed by atoms with Gasteiger partial charge in [-0.1, -0.05) is 105 Å². The van der Waals surface area contributed by atoms with Crippen molar-refractivity contribution in [1.82, 2.24) is 20.4 Å². The number of hydrogen-bond acceptors (Lipinski definition) is 6. The van der Waals surface area contributed by atoms with E-state index in [4.69, 9.17) is 0 Å². The minimum absolute atomic E-state index is 0.0105. The molecule has 0 aliphatic carbocycles. The summed E-state index contributed by atoms with van der Waals surface area (Å²) < 4.78 is 0. The minimum atomic E-state index is -1.71. The second-order valence-electron chi connectivity index (χ2n) is 12.0. The highest BCUT2D eigenvalue weighted by atomic mass is 16.4. The third-order valence-electron chi connectivity index (χ3n) is 8.12. The number of hydrogen-bond donors (Lipinski definition) is 4. The van der Waals surface area contributed by atoms with Crippen LogP contribution in [0.1, 0.15) is 56.3 Å². The molecule has 4 unspecified atom stereocenters. The summed E-state index contributed by atoms with van der Waals surface area (Å²) >= 11 is 0. The maximum absolute atomic E-state index is 14.4. The van der Waals surface area contributed by atoms with Crippen LogP contribution in [-0.2, 0) is 36.1 Å². The summed E-state index contributed by atoms with van der Waals surface area (Å²) in [6.45, 7) is 5.26. The van der Waals surface area contributed by atoms with Crippen molar-refractivity contribution in [2.24, 2.45) is 5.92 Å². The predicted octanol–water partition coefficient (Wildman–Crippen LogP) is 3.68. The molecule has 3 aromatic carbocycles. The van der Waals surface area contributed by atoms with Crippen LogP contribution in [0.2, 0.25) is 0 Å². The van der Waals surface area contributed by atoms with E-state index in [0.29, 0.717) is 5.56 Å². The Balaban J connectivity index is 1.68. The van der Waals surface area contributed by atoms with Gasteiger partial charge in [0.2, 0.25) is 11.8 Å². The first-order valence-electron chi connectivity index (χ1n) is 15.2. The lowest BCUT2D eigenvalue weighted by Crippen LogP contribution is -2.56. The van der Waals surface area contributed by atoms with Crippen LogP contribution in [0.15, 0.2) is 91.0 Å². The first kappa shape index (κ1) is 34.4. The van der Waals surface area contributed by atoms with E-state index in [0.717, 1.165) is 10.5 Å². The number of urea groups is 1. The van der Waals surface area contributed by atoms with Gasteiger partial charge in [-0.3, -0.25) is 19.2 Å². The maximum Gasteiger partial charge on any atom is 0.330 e. The van der Waals surface area contributed by atoms with Crippen LogP contribution in [0.4, 0.5) is 4.79 Å². The Labute approximate surface area is 272 Å². The van der Waals surface area contributed by atoms with Crippen LogP contribution in [0.25, 0.3) is 0 Å². The third kappa shape index (κ3) is 7.66. The van der Waals surface area contributed by atoms with Crippen LogP contribution < -0.4 is 10.6 Å². The van der Waals surface area contributed by atoms with Crippen LogP contribution >= 0.6 is 0 Å². The summed E-state index contributed by atoms with van der Waals surface area (Å²) in [5, 5.41) is 24.1. The number of carbonyl (C=O) groups is 6. The second kappa shape index (κ2) is 14.7. The summed E-state index contributed by atoms with van der Waals surface area (Å²) in [6, 6.07) is 20.2. The molecule has 5 amide bonds. The van der Waals surface area contributed by atoms with Gasteiger partial charge in [0, 0.05) is 6.54 Å². The smallest absolute Gasteiger partial charge is 0.330 e. The van der Waals surface area contributed by atoms with Crippen molar-refractivity contribution in [1.29, 1.82) is 0 Å². The SMILES string of the molecule is CC(C)CC(C(=O)NC(CC(=O)O)C(=O)NC(C(=O)O)c1ccccc1)N1C(=O)N(Cc2ccccc2)C(C)(c2ccccc2)C1=O. The molecule has 0 saturated carbocycles. The van der Waals surface area contributed by atoms with Crippen molar-refractivity contribution in [3.05, 3.63) is 108 Å². The van der Waals surface area contributed by atoms with Crippen molar-refractivity contribution in [3.63, 3.8) is 0 Å². The van der Waals surface area contributed by atoms with Crippen molar-refractivity contribution >= 4 is 35.7 Å². The number of nitrogens with zero attached hydrogens (tertiary/aromatic N) is 2. The van der Waals surface area contributed by atoms with Gasteiger partial charge in [0.15, 0.2) is 6.04 Å². The third-order valence-corrected chi connectivity index (χ3v) is 8.12. The first-order chi connectivity index (χ1) is 22.3. The summed E-state index contributed by atoms with van der Waals surface area (Å²) in [6.07, 6.45) is -0.868. The molecule has 12 nitrogen and oxygen atoms in total. The van der Waals surface area contributed by atoms with E-state index in [1.807, 2.05) is 30.3 Å². The largest absolute Gasteiger partial charge is 0.481 e. The molecule has 0 radical (unpaired) electrons. The lowest BCUT2D eigenvalue weighted by molar-refractivity contribution is -0.145. The number of imide groups is 1. The molecular formula is C35H38N4O8. The predicted molar refractivity (Wildman–Crippen MR) is 170 cm³/mol. The van der Waals surface area contributed by atoms with E-state index < -0.39 is 65.8 Å². The Morgan fingerprint density at radius 1 is 0.787 bits per heavy atom. The molecule has 0 bridgehead atoms. The standard InChI is InChI=1S/C35H38N4O8/c1-22(2)19-27(31(43)36-26(20-28(40)41)30(42)37-29(32(44)45)24-15-9-5-10-16-24)39-33(46)35(3,25-17-11-6-12-18-25)38(34(39)47)21-23-13-7-4-8-14-23/h4-18,22,26-27,29H,19-21H2,1-3H3,(H,36,43)(H,37,42)(H,40,41)(H,44,45). The highest BCUT2D eigenvalue weighted by Crippen LogP contribution is 2.40. The maximum atomic E-state index is 14.4. The van der Waals surface area contributed by atoms with Gasteiger partial charge in [0.05, 0.1) is 6.42 Å². The summed E-state index contributed by atoms with van der Waals surface area (Å²) in [4.78, 5) is 82.0. The fourth-order valence-electron chi connectivity index (χ4n) is 5.67.